The number of nitrogens with zero attached hydrogens (tertiary/aromatic N) is 1. The van der Waals surface area contributed by atoms with Crippen LogP contribution in [0.15, 0.2) is 0 Å². The number of hydrogen-bond donors (Lipinski definition) is 1. The van der Waals surface area contributed by atoms with Gasteiger partial charge in [-0.1, -0.05) is 0 Å². The van der Waals surface area contributed by atoms with Crippen LogP contribution in [0.4, 0.5) is 0 Å². The third-order valence-corrected chi connectivity index (χ3v) is 2.00. The van der Waals surface area contributed by atoms with Crippen LogP contribution in [-0.4, -0.2) is 29.8 Å². The zero-order valence-corrected chi connectivity index (χ0v) is 7.49. The number of nitrogens with one attached hydrogen (secondary N) is 1. The average Bonchev–Trinajstić information content (AvgIpc) is 2.56. The van der Waals surface area contributed by atoms with Crippen molar-refractivity contribution in [2.45, 2.75) is 6.04 Å². The van der Waals surface area contributed by atoms with Crippen LogP contribution in [0.1, 0.15) is 0 Å². The van der Waals surface area contributed by atoms with Gasteiger partial charge in [0.25, 0.3) is 0 Å². The lowest BCUT2D eigenvalue weighted by atomic mass is 10.4. The van der Waals surface area contributed by atoms with Gasteiger partial charge in [0.05, 0.1) is 11.9 Å². The van der Waals surface area contributed by atoms with Crippen molar-refractivity contribution in [1.29, 1.82) is 5.26 Å². The minimum Gasteiger partial charge on any atom is -0.302 e. The molecule has 0 bridgehead atoms. The first-order chi connectivity index (χ1) is 5.35. The summed E-state index contributed by atoms with van der Waals surface area (Å²) >= 11 is 6.59. The van der Waals surface area contributed by atoms with Gasteiger partial charge in [-0.15, -0.1) is 23.4 Å². The topological polar surface area (TPSA) is 52.9 Å². The highest BCUT2D eigenvalue weighted by Crippen LogP contribution is 2.07. The second-order valence-electron chi connectivity index (χ2n) is 1.72. The molecule has 1 aliphatic rings. The zero-order valence-electron chi connectivity index (χ0n) is 5.92. The summed E-state index contributed by atoms with van der Waals surface area (Å²) in [5.74, 6) is 2.01. The third kappa shape index (κ3) is 6.17. The molecule has 0 aromatic rings. The van der Waals surface area contributed by atoms with Crippen molar-refractivity contribution in [3.63, 3.8) is 0 Å². The first-order valence-corrected chi connectivity index (χ1v) is 4.74. The minimum absolute atomic E-state index is 0.111. The molecular weight excluding hydrogens is 184 g/mol. The van der Waals surface area contributed by atoms with E-state index in [9.17, 15) is 0 Å². The lowest BCUT2D eigenvalue weighted by Gasteiger charge is -1.90. The summed E-state index contributed by atoms with van der Waals surface area (Å²) in [4.78, 5) is 9.04. The Bertz CT molecular complexity index is 142. The molecule has 1 unspecified atom stereocenters. The van der Waals surface area contributed by atoms with Gasteiger partial charge in [0.1, 0.15) is 12.3 Å². The van der Waals surface area contributed by atoms with E-state index < -0.39 is 0 Å². The van der Waals surface area contributed by atoms with Crippen molar-refractivity contribution in [3.05, 3.63) is 0 Å². The van der Waals surface area contributed by atoms with Crippen molar-refractivity contribution in [2.24, 2.45) is 0 Å². The normalized spacial score (nSPS) is 21.3. The summed E-state index contributed by atoms with van der Waals surface area (Å²) < 4.78 is 0. The summed E-state index contributed by atoms with van der Waals surface area (Å²) in [5.41, 5.74) is 0. The number of carbonyl (C=O) groups is 1. The molecule has 5 heteroatoms. The summed E-state index contributed by atoms with van der Waals surface area (Å²) in [7, 11) is 0. The Balaban J connectivity index is 0.000000218. The summed E-state index contributed by atoms with van der Waals surface area (Å²) in [6, 6.07) is 2.25. The Morgan fingerprint density at radius 3 is 2.73 bits per heavy atom. The molecule has 0 saturated carbocycles. The molecule has 0 amide bonds. The van der Waals surface area contributed by atoms with Crippen molar-refractivity contribution < 1.29 is 4.79 Å². The molecule has 1 N–H and O–H groups in total. The molecule has 1 aliphatic heterocycles. The molecular formula is C6H9ClN2OS. The van der Waals surface area contributed by atoms with Crippen LogP contribution in [0.2, 0.25) is 0 Å². The number of carbonyl (C=O) groups excluding carboxylic acids is 1. The van der Waals surface area contributed by atoms with E-state index in [-0.39, 0.29) is 11.9 Å². The average molecular weight is 193 g/mol. The van der Waals surface area contributed by atoms with Crippen LogP contribution in [-0.2, 0) is 4.79 Å². The van der Waals surface area contributed by atoms with E-state index in [0.717, 1.165) is 11.6 Å². The first-order valence-electron chi connectivity index (χ1n) is 3.05. The number of aldehydes is 1. The minimum atomic E-state index is 0.111. The number of rotatable bonds is 1. The molecule has 3 nitrogen and oxygen atoms in total. The van der Waals surface area contributed by atoms with E-state index >= 15 is 0 Å². The van der Waals surface area contributed by atoms with Crippen LogP contribution in [0.5, 0.6) is 0 Å². The molecule has 1 saturated heterocycles. The molecule has 0 aliphatic carbocycles. The fraction of sp³-hybridized carbons (Fsp3) is 0.667. The van der Waals surface area contributed by atoms with E-state index in [0.29, 0.717) is 6.29 Å². The molecule has 1 heterocycles. The van der Waals surface area contributed by atoms with Gasteiger partial charge in [0, 0.05) is 11.6 Å². The number of hydrogen-bond acceptors (Lipinski definition) is 4. The van der Waals surface area contributed by atoms with Crippen LogP contribution in [0, 0.1) is 11.3 Å². The summed E-state index contributed by atoms with van der Waals surface area (Å²) in [6.45, 7) is 0. The summed E-state index contributed by atoms with van der Waals surface area (Å²) in [5, 5.41) is 11.2. The maximum absolute atomic E-state index is 9.04. The van der Waals surface area contributed by atoms with Gasteiger partial charge >= 0.3 is 0 Å². The van der Waals surface area contributed by atoms with Gasteiger partial charge in [-0.25, -0.2) is 0 Å². The Hall–Kier alpha value is -0.240. The number of alkyl halides is 1. The largest absolute Gasteiger partial charge is 0.302 e. The molecule has 0 spiro atoms. The van der Waals surface area contributed by atoms with Gasteiger partial charge in [-0.05, 0) is 0 Å². The second-order valence-corrected chi connectivity index (χ2v) is 3.06. The number of halogens is 1. The Morgan fingerprint density at radius 1 is 1.91 bits per heavy atom. The quantitative estimate of drug-likeness (QED) is 0.488. The molecule has 1 fully saturated rings. The van der Waals surface area contributed by atoms with Crippen molar-refractivity contribution >= 4 is 29.6 Å². The fourth-order valence-electron chi connectivity index (χ4n) is 0.478. The van der Waals surface area contributed by atoms with Crippen LogP contribution < -0.4 is 5.32 Å². The van der Waals surface area contributed by atoms with E-state index in [1.165, 1.54) is 0 Å². The smallest absolute Gasteiger partial charge is 0.134 e. The van der Waals surface area contributed by atoms with Gasteiger partial charge in [0.2, 0.25) is 0 Å². The number of nitriles is 1. The van der Waals surface area contributed by atoms with E-state index in [1.807, 2.05) is 0 Å². The van der Waals surface area contributed by atoms with Gasteiger partial charge in [-0.3, -0.25) is 5.32 Å². The van der Waals surface area contributed by atoms with Gasteiger partial charge in [0.15, 0.2) is 0 Å². The van der Waals surface area contributed by atoms with E-state index in [2.05, 4.69) is 11.4 Å². The SMILES string of the molecule is N#CC1CSCN1.O=CCCl. The maximum Gasteiger partial charge on any atom is 0.134 e. The number of thioether (sulfide) groups is 1. The third-order valence-electron chi connectivity index (χ3n) is 0.935. The first kappa shape index (κ1) is 10.8. The maximum atomic E-state index is 9.04. The highest BCUT2D eigenvalue weighted by Gasteiger charge is 2.11. The lowest BCUT2D eigenvalue weighted by molar-refractivity contribution is -0.105. The predicted molar refractivity (Wildman–Crippen MR) is 46.6 cm³/mol. The van der Waals surface area contributed by atoms with Crippen molar-refractivity contribution in [2.75, 3.05) is 17.5 Å². The summed E-state index contributed by atoms with van der Waals surface area (Å²) in [6.07, 6.45) is 0.640. The molecule has 11 heavy (non-hydrogen) atoms. The van der Waals surface area contributed by atoms with Crippen molar-refractivity contribution in [3.8, 4) is 6.07 Å². The highest BCUT2D eigenvalue weighted by molar-refractivity contribution is 7.99. The van der Waals surface area contributed by atoms with Crippen LogP contribution in [0.3, 0.4) is 0 Å². The monoisotopic (exact) mass is 192 g/mol. The highest BCUT2D eigenvalue weighted by atomic mass is 35.5. The Morgan fingerprint density at radius 2 is 2.55 bits per heavy atom. The van der Waals surface area contributed by atoms with Crippen molar-refractivity contribution in [1.82, 2.24) is 5.32 Å². The predicted octanol–water partition coefficient (Wildman–Crippen LogP) is 0.597. The zero-order chi connectivity index (χ0) is 8.53. The molecule has 0 aromatic heterocycles. The molecule has 62 valence electrons. The van der Waals surface area contributed by atoms with Gasteiger partial charge in [-0.2, -0.15) is 5.26 Å². The Labute approximate surface area is 75.1 Å². The van der Waals surface area contributed by atoms with E-state index in [4.69, 9.17) is 21.7 Å². The molecule has 1 atom stereocenters. The van der Waals surface area contributed by atoms with Crippen LogP contribution in [0.25, 0.3) is 0 Å². The standard InChI is InChI=1S/C4H6N2S.C2H3ClO/c5-1-4-2-7-3-6-4;3-1-2-4/h4,6H,2-3H2;2H,1H2. The lowest BCUT2D eigenvalue weighted by Crippen LogP contribution is -2.20. The molecule has 1 rings (SSSR count). The van der Waals surface area contributed by atoms with E-state index in [1.54, 1.807) is 11.8 Å². The molecule has 0 radical (unpaired) electrons. The second kappa shape index (κ2) is 7.86. The van der Waals surface area contributed by atoms with Gasteiger partial charge < -0.3 is 4.79 Å². The fourth-order valence-corrected chi connectivity index (χ4v) is 1.34. The molecule has 0 aromatic carbocycles. The van der Waals surface area contributed by atoms with Crippen LogP contribution >= 0.6 is 23.4 Å². The Kier molecular flexibility index (Phi) is 7.69.